The number of benzene rings is 7. The van der Waals surface area contributed by atoms with Crippen LogP contribution in [0, 0.1) is 0 Å². The summed E-state index contributed by atoms with van der Waals surface area (Å²) in [6.45, 7) is -0.310. The Kier molecular flexibility index (Phi) is 4.96. The Bertz CT molecular complexity index is 3030. The Morgan fingerprint density at radius 1 is 0.480 bits per heavy atom. The van der Waals surface area contributed by atoms with E-state index in [2.05, 4.69) is 153 Å². The maximum atomic E-state index is 6.99. The van der Waals surface area contributed by atoms with Crippen LogP contribution in [-0.4, -0.2) is 25.4 Å². The van der Waals surface area contributed by atoms with Crippen molar-refractivity contribution in [3.05, 3.63) is 152 Å². The third kappa shape index (κ3) is 3.35. The molecular weight excluding hydrogens is 615 g/mol. The number of aromatic nitrogens is 4. The summed E-state index contributed by atoms with van der Waals surface area (Å²) in [5, 5.41) is 2.45. The molecule has 6 nitrogen and oxygen atoms in total. The lowest BCUT2D eigenvalue weighted by molar-refractivity contribution is 0.479. The van der Waals surface area contributed by atoms with Crippen molar-refractivity contribution < 1.29 is 9.39 Å². The maximum absolute atomic E-state index is 6.99. The number of hydrogen-bond acceptors (Lipinski definition) is 3. The topological polar surface area (TPSA) is 45.6 Å². The van der Waals surface area contributed by atoms with E-state index in [4.69, 9.17) is 14.4 Å². The second-order valence-corrected chi connectivity index (χ2v) is 13.2. The molecule has 12 rings (SSSR count). The van der Waals surface area contributed by atoms with E-state index < -0.39 is 0 Å². The van der Waals surface area contributed by atoms with Crippen molar-refractivity contribution in [2.75, 3.05) is 0 Å². The summed E-state index contributed by atoms with van der Waals surface area (Å²) in [6.07, 6.45) is 0. The standard InChI is InChI=1S/C43H25BN4O2/c1-5-15-34-28(11-1)29-12-2-6-16-35(29)46(34)27-23-31-30-13-3-10-20-39(30)50-44-32-22-21-26(24-40(32)49-41(25-27)42(31)44)47-37-18-8-9-19-38(37)48-36-17-7-4-14-33(36)45-43(47)48/h1-25H. The zero-order valence-electron chi connectivity index (χ0n) is 26.6. The Labute approximate surface area is 286 Å². The molecule has 0 radical (unpaired) electrons. The SMILES string of the molecule is c1ccc2c(c1)OB1c3ccc(-n4c5ccccc5n5c6ccccc6nc45)cc3Oc3cc(-n4c5ccccc5c5ccccc54)cc-2c31. The Morgan fingerprint density at radius 2 is 1.14 bits per heavy atom. The fourth-order valence-electron chi connectivity index (χ4n) is 8.41. The van der Waals surface area contributed by atoms with Gasteiger partial charge in [0.1, 0.15) is 17.2 Å². The van der Waals surface area contributed by atoms with E-state index in [1.54, 1.807) is 0 Å². The fraction of sp³-hybridized carbons (Fsp3) is 0. The predicted molar refractivity (Wildman–Crippen MR) is 201 cm³/mol. The molecule has 10 aromatic rings. The minimum absolute atomic E-state index is 0.310. The van der Waals surface area contributed by atoms with Crippen LogP contribution in [0.3, 0.4) is 0 Å². The van der Waals surface area contributed by atoms with E-state index in [0.717, 1.165) is 89.6 Å². The molecule has 0 bridgehead atoms. The first kappa shape index (κ1) is 26.3. The van der Waals surface area contributed by atoms with Crippen molar-refractivity contribution in [3.63, 3.8) is 0 Å². The van der Waals surface area contributed by atoms with Gasteiger partial charge in [-0.25, -0.2) is 4.98 Å². The second kappa shape index (κ2) is 9.46. The summed E-state index contributed by atoms with van der Waals surface area (Å²) >= 11 is 0. The van der Waals surface area contributed by atoms with E-state index in [-0.39, 0.29) is 6.92 Å². The summed E-state index contributed by atoms with van der Waals surface area (Å²) in [5.74, 6) is 3.31. The highest BCUT2D eigenvalue weighted by molar-refractivity contribution is 6.84. The van der Waals surface area contributed by atoms with Gasteiger partial charge in [-0.3, -0.25) is 8.97 Å². The molecule has 0 saturated heterocycles. The first-order valence-corrected chi connectivity index (χ1v) is 16.9. The molecule has 7 aromatic carbocycles. The van der Waals surface area contributed by atoms with E-state index >= 15 is 0 Å². The van der Waals surface area contributed by atoms with Gasteiger partial charge in [-0.1, -0.05) is 84.9 Å². The van der Waals surface area contributed by atoms with Crippen molar-refractivity contribution in [2.24, 2.45) is 0 Å². The monoisotopic (exact) mass is 640 g/mol. The quantitative estimate of drug-likeness (QED) is 0.178. The largest absolute Gasteiger partial charge is 0.551 e. The zero-order chi connectivity index (χ0) is 32.5. The lowest BCUT2D eigenvalue weighted by Crippen LogP contribution is -2.53. The van der Waals surface area contributed by atoms with Crippen LogP contribution in [0.4, 0.5) is 0 Å². The molecule has 0 fully saturated rings. The summed E-state index contributed by atoms with van der Waals surface area (Å²) in [7, 11) is 0. The molecule has 0 aliphatic carbocycles. The molecule has 3 aromatic heterocycles. The minimum atomic E-state index is -0.310. The van der Waals surface area contributed by atoms with Gasteiger partial charge < -0.3 is 14.0 Å². The van der Waals surface area contributed by atoms with Crippen molar-refractivity contribution in [1.82, 2.24) is 18.5 Å². The van der Waals surface area contributed by atoms with Gasteiger partial charge >= 0.3 is 6.92 Å². The van der Waals surface area contributed by atoms with E-state index in [1.807, 2.05) is 12.1 Å². The minimum Gasteiger partial charge on any atom is -0.551 e. The number of hydrogen-bond donors (Lipinski definition) is 0. The normalized spacial score (nSPS) is 13.1. The molecule has 0 N–H and O–H groups in total. The van der Waals surface area contributed by atoms with Crippen LogP contribution in [0.5, 0.6) is 17.2 Å². The van der Waals surface area contributed by atoms with Crippen molar-refractivity contribution >= 4 is 67.5 Å². The molecule has 0 saturated carbocycles. The van der Waals surface area contributed by atoms with Crippen molar-refractivity contribution in [3.8, 4) is 39.8 Å². The highest BCUT2D eigenvalue weighted by Gasteiger charge is 2.41. The maximum Gasteiger partial charge on any atom is 0.434 e. The average Bonchev–Trinajstić information content (AvgIpc) is 3.81. The summed E-state index contributed by atoms with van der Waals surface area (Å²) < 4.78 is 20.7. The number of ether oxygens (including phenoxy) is 1. The molecule has 50 heavy (non-hydrogen) atoms. The van der Waals surface area contributed by atoms with Gasteiger partial charge in [0.05, 0.1) is 44.5 Å². The van der Waals surface area contributed by atoms with Gasteiger partial charge in [0.25, 0.3) is 0 Å². The Hall–Kier alpha value is -6.73. The zero-order valence-corrected chi connectivity index (χ0v) is 26.6. The molecule has 232 valence electrons. The molecule has 0 spiro atoms. The van der Waals surface area contributed by atoms with Crippen LogP contribution >= 0.6 is 0 Å². The summed E-state index contributed by atoms with van der Waals surface area (Å²) in [5.41, 5.74) is 12.8. The number of para-hydroxylation sites is 7. The highest BCUT2D eigenvalue weighted by atomic mass is 16.5. The molecule has 0 unspecified atom stereocenters. The van der Waals surface area contributed by atoms with Crippen LogP contribution in [0.15, 0.2) is 152 Å². The first-order chi connectivity index (χ1) is 24.8. The third-order valence-corrected chi connectivity index (χ3v) is 10.5. The van der Waals surface area contributed by atoms with Gasteiger partial charge in [-0.05, 0) is 60.2 Å². The molecule has 2 aliphatic heterocycles. The Balaban J connectivity index is 1.10. The van der Waals surface area contributed by atoms with Crippen LogP contribution in [0.2, 0.25) is 0 Å². The summed E-state index contributed by atoms with van der Waals surface area (Å²) in [4.78, 5) is 5.10. The molecule has 2 aliphatic rings. The first-order valence-electron chi connectivity index (χ1n) is 16.9. The van der Waals surface area contributed by atoms with Gasteiger partial charge in [0.15, 0.2) is 0 Å². The number of fused-ring (bicyclic) bond motifs is 12. The fourth-order valence-corrected chi connectivity index (χ4v) is 8.41. The summed E-state index contributed by atoms with van der Waals surface area (Å²) in [6, 6.07) is 53.3. The number of imidazole rings is 2. The molecule has 0 amide bonds. The van der Waals surface area contributed by atoms with Gasteiger partial charge in [0.2, 0.25) is 5.78 Å². The van der Waals surface area contributed by atoms with Gasteiger partial charge in [0, 0.05) is 39.4 Å². The van der Waals surface area contributed by atoms with E-state index in [0.29, 0.717) is 0 Å². The molecule has 5 heterocycles. The molecular formula is C43H25BN4O2. The van der Waals surface area contributed by atoms with Crippen molar-refractivity contribution in [1.29, 1.82) is 0 Å². The van der Waals surface area contributed by atoms with E-state index in [9.17, 15) is 0 Å². The van der Waals surface area contributed by atoms with Gasteiger partial charge in [-0.15, -0.1) is 0 Å². The van der Waals surface area contributed by atoms with Crippen LogP contribution < -0.4 is 20.3 Å². The van der Waals surface area contributed by atoms with Crippen LogP contribution in [-0.2, 0) is 0 Å². The third-order valence-electron chi connectivity index (χ3n) is 10.5. The number of nitrogens with zero attached hydrogens (tertiary/aromatic N) is 4. The van der Waals surface area contributed by atoms with E-state index in [1.165, 1.54) is 10.8 Å². The van der Waals surface area contributed by atoms with Gasteiger partial charge in [-0.2, -0.15) is 0 Å². The lowest BCUT2D eigenvalue weighted by atomic mass is 9.51. The average molecular weight is 641 g/mol. The number of rotatable bonds is 2. The van der Waals surface area contributed by atoms with Crippen LogP contribution in [0.1, 0.15) is 0 Å². The second-order valence-electron chi connectivity index (χ2n) is 13.2. The van der Waals surface area contributed by atoms with Crippen molar-refractivity contribution in [2.45, 2.75) is 0 Å². The lowest BCUT2D eigenvalue weighted by Gasteiger charge is -2.33. The smallest absolute Gasteiger partial charge is 0.434 e. The molecule has 7 heteroatoms. The molecule has 0 atom stereocenters. The predicted octanol–water partition coefficient (Wildman–Crippen LogP) is 8.80. The van der Waals surface area contributed by atoms with Crippen LogP contribution in [0.25, 0.3) is 72.2 Å². The Morgan fingerprint density at radius 3 is 1.96 bits per heavy atom. The highest BCUT2D eigenvalue weighted by Crippen LogP contribution is 2.42.